The molecule has 1 aliphatic rings. The molecule has 3 atom stereocenters. The summed E-state index contributed by atoms with van der Waals surface area (Å²) >= 11 is 0. The van der Waals surface area contributed by atoms with Gasteiger partial charge in [0.1, 0.15) is 0 Å². The fraction of sp³-hybridized carbons (Fsp3) is 0.562. The van der Waals surface area contributed by atoms with Crippen molar-refractivity contribution in [3.63, 3.8) is 0 Å². The van der Waals surface area contributed by atoms with E-state index in [9.17, 15) is 4.79 Å². The molecule has 0 unspecified atom stereocenters. The van der Waals surface area contributed by atoms with E-state index in [4.69, 9.17) is 4.74 Å². The van der Waals surface area contributed by atoms with E-state index in [0.717, 1.165) is 17.9 Å². The molecule has 1 fully saturated rings. The van der Waals surface area contributed by atoms with Gasteiger partial charge in [0.05, 0.1) is 24.8 Å². The molecule has 0 saturated carbocycles. The van der Waals surface area contributed by atoms with Crippen LogP contribution in [0.3, 0.4) is 0 Å². The summed E-state index contributed by atoms with van der Waals surface area (Å²) in [6.45, 7) is 7.18. The summed E-state index contributed by atoms with van der Waals surface area (Å²) in [5, 5.41) is 11.4. The zero-order valence-electron chi connectivity index (χ0n) is 13.8. The molecule has 1 saturated heterocycles. The Morgan fingerprint density at radius 2 is 2.30 bits per heavy atom. The Kier molecular flexibility index (Phi) is 4.47. The highest BCUT2D eigenvalue weighted by Gasteiger charge is 2.30. The quantitative estimate of drug-likeness (QED) is 0.940. The molecule has 0 spiro atoms. The van der Waals surface area contributed by atoms with Crippen molar-refractivity contribution in [1.29, 1.82) is 0 Å². The van der Waals surface area contributed by atoms with Gasteiger partial charge in [0.15, 0.2) is 11.5 Å². The van der Waals surface area contributed by atoms with E-state index >= 15 is 0 Å². The molecule has 1 aliphatic heterocycles. The first kappa shape index (κ1) is 15.7. The highest BCUT2D eigenvalue weighted by Crippen LogP contribution is 2.17. The summed E-state index contributed by atoms with van der Waals surface area (Å²) in [4.78, 5) is 14.5. The summed E-state index contributed by atoms with van der Waals surface area (Å²) in [7, 11) is 0. The third-order valence-electron chi connectivity index (χ3n) is 4.27. The van der Waals surface area contributed by atoms with E-state index in [2.05, 4.69) is 22.4 Å². The molecule has 23 heavy (non-hydrogen) atoms. The number of morpholine rings is 1. The van der Waals surface area contributed by atoms with Gasteiger partial charge in [0.25, 0.3) is 0 Å². The van der Waals surface area contributed by atoms with E-state index in [1.54, 1.807) is 0 Å². The lowest BCUT2D eigenvalue weighted by Gasteiger charge is -2.38. The Morgan fingerprint density at radius 1 is 1.48 bits per heavy atom. The van der Waals surface area contributed by atoms with Gasteiger partial charge in [-0.2, -0.15) is 0 Å². The number of amides is 2. The Bertz CT molecular complexity index is 686. The standard InChI is InChI=1S/C16H23N5O2/c1-4-13-10-23-11(2)9-21(13)16(22)17-12(3)15-19-18-14-7-5-6-8-20(14)15/h5-8,11-13H,4,9-10H2,1-3H3,(H,17,22)/t11-,12+,13+/m0/s1. The molecule has 0 radical (unpaired) electrons. The lowest BCUT2D eigenvalue weighted by molar-refractivity contribution is -0.0381. The zero-order valence-corrected chi connectivity index (χ0v) is 13.8. The number of nitrogens with one attached hydrogen (secondary N) is 1. The van der Waals surface area contributed by atoms with Crippen molar-refractivity contribution >= 4 is 11.7 Å². The molecule has 124 valence electrons. The molecule has 2 aromatic rings. The summed E-state index contributed by atoms with van der Waals surface area (Å²) < 4.78 is 7.54. The van der Waals surface area contributed by atoms with Crippen molar-refractivity contribution in [2.24, 2.45) is 0 Å². The first-order valence-electron chi connectivity index (χ1n) is 8.08. The van der Waals surface area contributed by atoms with Crippen molar-refractivity contribution in [1.82, 2.24) is 24.8 Å². The normalized spacial score (nSPS) is 23.0. The van der Waals surface area contributed by atoms with Gasteiger partial charge in [-0.25, -0.2) is 4.79 Å². The van der Waals surface area contributed by atoms with Crippen LogP contribution in [0.4, 0.5) is 4.79 Å². The van der Waals surface area contributed by atoms with Gasteiger partial charge in [-0.3, -0.25) is 4.40 Å². The lowest BCUT2D eigenvalue weighted by Crippen LogP contribution is -2.54. The molecule has 2 amide bonds. The minimum atomic E-state index is -0.226. The minimum Gasteiger partial charge on any atom is -0.375 e. The van der Waals surface area contributed by atoms with Gasteiger partial charge in [0, 0.05) is 12.7 Å². The molecule has 3 heterocycles. The Balaban J connectivity index is 1.73. The molecule has 0 aliphatic carbocycles. The molecule has 3 rings (SSSR count). The van der Waals surface area contributed by atoms with E-state index in [0.29, 0.717) is 13.2 Å². The van der Waals surface area contributed by atoms with Crippen LogP contribution in [0, 0.1) is 0 Å². The maximum absolute atomic E-state index is 12.7. The first-order valence-corrected chi connectivity index (χ1v) is 8.08. The van der Waals surface area contributed by atoms with E-state index < -0.39 is 0 Å². The van der Waals surface area contributed by atoms with Crippen molar-refractivity contribution < 1.29 is 9.53 Å². The Labute approximate surface area is 135 Å². The number of carbonyl (C=O) groups is 1. The number of urea groups is 1. The van der Waals surface area contributed by atoms with Crippen molar-refractivity contribution in [3.8, 4) is 0 Å². The summed E-state index contributed by atoms with van der Waals surface area (Å²) in [6, 6.07) is 5.54. The van der Waals surface area contributed by atoms with Gasteiger partial charge in [-0.15, -0.1) is 10.2 Å². The number of fused-ring (bicyclic) bond motifs is 1. The van der Waals surface area contributed by atoms with Crippen molar-refractivity contribution in [2.45, 2.75) is 45.4 Å². The molecule has 0 bridgehead atoms. The SMILES string of the molecule is CC[C@@H]1CO[C@@H](C)CN1C(=O)N[C@H](C)c1nnc2ccccn12. The summed E-state index contributed by atoms with van der Waals surface area (Å²) in [6.07, 6.45) is 2.84. The highest BCUT2D eigenvalue weighted by atomic mass is 16.5. The van der Waals surface area contributed by atoms with Gasteiger partial charge in [-0.05, 0) is 32.4 Å². The molecule has 0 aromatic carbocycles. The van der Waals surface area contributed by atoms with Crippen LogP contribution >= 0.6 is 0 Å². The van der Waals surface area contributed by atoms with E-state index in [1.165, 1.54) is 0 Å². The molecule has 7 nitrogen and oxygen atoms in total. The average molecular weight is 317 g/mol. The third-order valence-corrected chi connectivity index (χ3v) is 4.27. The van der Waals surface area contributed by atoms with Gasteiger partial charge < -0.3 is 15.0 Å². The number of ether oxygens (including phenoxy) is 1. The first-order chi connectivity index (χ1) is 11.1. The number of nitrogens with zero attached hydrogens (tertiary/aromatic N) is 4. The molecular formula is C16H23N5O2. The fourth-order valence-corrected chi connectivity index (χ4v) is 2.92. The van der Waals surface area contributed by atoms with Crippen LogP contribution in [0.5, 0.6) is 0 Å². The van der Waals surface area contributed by atoms with Crippen LogP contribution < -0.4 is 5.32 Å². The Morgan fingerprint density at radius 3 is 3.09 bits per heavy atom. The van der Waals surface area contributed by atoms with Crippen molar-refractivity contribution in [2.75, 3.05) is 13.2 Å². The number of hydrogen-bond acceptors (Lipinski definition) is 4. The second-order valence-electron chi connectivity index (χ2n) is 6.02. The van der Waals surface area contributed by atoms with E-state index in [-0.39, 0.29) is 24.2 Å². The summed E-state index contributed by atoms with van der Waals surface area (Å²) in [5.74, 6) is 0.725. The highest BCUT2D eigenvalue weighted by molar-refractivity contribution is 5.75. The predicted molar refractivity (Wildman–Crippen MR) is 86.1 cm³/mol. The number of hydrogen-bond donors (Lipinski definition) is 1. The van der Waals surface area contributed by atoms with Crippen LogP contribution in [0.25, 0.3) is 5.65 Å². The van der Waals surface area contributed by atoms with Crippen LogP contribution in [0.1, 0.15) is 39.1 Å². The monoisotopic (exact) mass is 317 g/mol. The molecule has 1 N–H and O–H groups in total. The smallest absolute Gasteiger partial charge is 0.318 e. The molecule has 7 heteroatoms. The second-order valence-corrected chi connectivity index (χ2v) is 6.02. The van der Waals surface area contributed by atoms with Crippen LogP contribution in [-0.4, -0.2) is 50.8 Å². The van der Waals surface area contributed by atoms with Crippen molar-refractivity contribution in [3.05, 3.63) is 30.2 Å². The van der Waals surface area contributed by atoms with Gasteiger partial charge in [0.2, 0.25) is 0 Å². The third kappa shape index (κ3) is 3.14. The number of pyridine rings is 1. The average Bonchev–Trinajstić information content (AvgIpc) is 2.98. The largest absolute Gasteiger partial charge is 0.375 e. The molecule has 2 aromatic heterocycles. The van der Waals surface area contributed by atoms with Crippen LogP contribution in [0.2, 0.25) is 0 Å². The van der Waals surface area contributed by atoms with Gasteiger partial charge in [-0.1, -0.05) is 13.0 Å². The number of rotatable bonds is 3. The number of aromatic nitrogens is 3. The van der Waals surface area contributed by atoms with Crippen LogP contribution in [-0.2, 0) is 4.74 Å². The van der Waals surface area contributed by atoms with Gasteiger partial charge >= 0.3 is 6.03 Å². The topological polar surface area (TPSA) is 71.8 Å². The Hall–Kier alpha value is -2.15. The summed E-state index contributed by atoms with van der Waals surface area (Å²) in [5.41, 5.74) is 0.773. The van der Waals surface area contributed by atoms with Crippen LogP contribution in [0.15, 0.2) is 24.4 Å². The number of carbonyl (C=O) groups excluding carboxylic acids is 1. The molecular weight excluding hydrogens is 294 g/mol. The predicted octanol–water partition coefficient (Wildman–Crippen LogP) is 2.00. The second kappa shape index (κ2) is 6.54. The maximum Gasteiger partial charge on any atom is 0.318 e. The zero-order chi connectivity index (χ0) is 16.4. The minimum absolute atomic E-state index is 0.0628. The lowest BCUT2D eigenvalue weighted by atomic mass is 10.1. The maximum atomic E-state index is 12.7. The van der Waals surface area contributed by atoms with E-state index in [1.807, 2.05) is 47.5 Å². The fourth-order valence-electron chi connectivity index (χ4n) is 2.92.